The number of aryl methyl sites for hydroxylation is 1. The number of nitrogens with one attached hydrogen (secondary N) is 1. The number of pyridine rings is 1. The maximum atomic E-state index is 11.0. The zero-order valence-corrected chi connectivity index (χ0v) is 7.79. The summed E-state index contributed by atoms with van der Waals surface area (Å²) in [5.74, 6) is -0.979. The van der Waals surface area contributed by atoms with Crippen molar-refractivity contribution in [1.82, 2.24) is 10.3 Å². The van der Waals surface area contributed by atoms with Crippen LogP contribution in [0.4, 0.5) is 5.69 Å². The molecule has 0 radical (unpaired) electrons. The third kappa shape index (κ3) is 1.13. The standard InChI is InChI=1S/C9H11N3O2/c1-4-8(10)7(9(13)14)5-2-11-3-6(5)12-4/h11H,2-3,10H2,1H3,(H,13,14). The van der Waals surface area contributed by atoms with Gasteiger partial charge in [0.2, 0.25) is 0 Å². The Bertz CT molecular complexity index is 415. The molecule has 1 aliphatic heterocycles. The molecule has 0 fully saturated rings. The lowest BCUT2D eigenvalue weighted by atomic mass is 10.0. The highest BCUT2D eigenvalue weighted by molar-refractivity contribution is 5.96. The predicted octanol–water partition coefficient (Wildman–Crippen LogP) is 0.274. The number of aromatic nitrogens is 1. The lowest BCUT2D eigenvalue weighted by Crippen LogP contribution is -2.11. The zero-order valence-electron chi connectivity index (χ0n) is 7.79. The van der Waals surface area contributed by atoms with E-state index in [2.05, 4.69) is 10.3 Å². The molecule has 0 bridgehead atoms. The fraction of sp³-hybridized carbons (Fsp3) is 0.333. The number of rotatable bonds is 1. The van der Waals surface area contributed by atoms with Gasteiger partial charge in [-0.3, -0.25) is 4.98 Å². The first-order chi connectivity index (χ1) is 6.61. The molecule has 0 aromatic carbocycles. The summed E-state index contributed by atoms with van der Waals surface area (Å²) in [7, 11) is 0. The van der Waals surface area contributed by atoms with Crippen molar-refractivity contribution in [2.75, 3.05) is 5.73 Å². The first-order valence-corrected chi connectivity index (χ1v) is 4.33. The number of hydrogen-bond donors (Lipinski definition) is 3. The topological polar surface area (TPSA) is 88.2 Å². The number of fused-ring (bicyclic) bond motifs is 1. The molecule has 14 heavy (non-hydrogen) atoms. The van der Waals surface area contributed by atoms with E-state index < -0.39 is 5.97 Å². The summed E-state index contributed by atoms with van der Waals surface area (Å²) >= 11 is 0. The number of nitrogens with zero attached hydrogens (tertiary/aromatic N) is 1. The van der Waals surface area contributed by atoms with Crippen LogP contribution >= 0.6 is 0 Å². The van der Waals surface area contributed by atoms with E-state index in [1.165, 1.54) is 0 Å². The number of nitrogens with two attached hydrogens (primary N) is 1. The molecule has 4 N–H and O–H groups in total. The normalized spacial score (nSPS) is 14.1. The van der Waals surface area contributed by atoms with Gasteiger partial charge in [-0.25, -0.2) is 4.79 Å². The quantitative estimate of drug-likeness (QED) is 0.596. The molecular formula is C9H11N3O2. The van der Waals surface area contributed by atoms with Crippen molar-refractivity contribution >= 4 is 11.7 Å². The molecule has 2 rings (SSSR count). The highest BCUT2D eigenvalue weighted by Gasteiger charge is 2.23. The van der Waals surface area contributed by atoms with Gasteiger partial charge in [-0.1, -0.05) is 0 Å². The lowest BCUT2D eigenvalue weighted by Gasteiger charge is -2.08. The molecule has 0 aliphatic carbocycles. The van der Waals surface area contributed by atoms with Crippen molar-refractivity contribution in [3.05, 3.63) is 22.5 Å². The first-order valence-electron chi connectivity index (χ1n) is 4.33. The zero-order chi connectivity index (χ0) is 10.3. The van der Waals surface area contributed by atoms with E-state index in [4.69, 9.17) is 10.8 Å². The average molecular weight is 193 g/mol. The number of aromatic carboxylic acids is 1. The summed E-state index contributed by atoms with van der Waals surface area (Å²) < 4.78 is 0. The Morgan fingerprint density at radius 2 is 2.29 bits per heavy atom. The smallest absolute Gasteiger partial charge is 0.338 e. The molecule has 0 saturated heterocycles. The molecule has 0 spiro atoms. The molecule has 0 atom stereocenters. The molecule has 1 aliphatic rings. The van der Waals surface area contributed by atoms with Crippen LogP contribution in [0.3, 0.4) is 0 Å². The van der Waals surface area contributed by atoms with Gasteiger partial charge in [-0.05, 0) is 6.92 Å². The fourth-order valence-corrected chi connectivity index (χ4v) is 1.70. The van der Waals surface area contributed by atoms with Crippen molar-refractivity contribution in [3.8, 4) is 0 Å². The Labute approximate surface area is 81.0 Å². The third-order valence-electron chi connectivity index (χ3n) is 2.42. The summed E-state index contributed by atoms with van der Waals surface area (Å²) in [6, 6.07) is 0. The molecule has 2 heterocycles. The van der Waals surface area contributed by atoms with Crippen molar-refractivity contribution in [1.29, 1.82) is 0 Å². The van der Waals surface area contributed by atoms with Crippen molar-refractivity contribution < 1.29 is 9.90 Å². The van der Waals surface area contributed by atoms with E-state index in [1.807, 2.05) is 0 Å². The van der Waals surface area contributed by atoms with Crippen LogP contribution in [0.5, 0.6) is 0 Å². The number of anilines is 1. The minimum atomic E-state index is -0.979. The van der Waals surface area contributed by atoms with Gasteiger partial charge in [0, 0.05) is 18.7 Å². The first kappa shape index (κ1) is 8.96. The minimum absolute atomic E-state index is 0.206. The van der Waals surface area contributed by atoms with Gasteiger partial charge >= 0.3 is 5.97 Å². The number of hydrogen-bond acceptors (Lipinski definition) is 4. The molecule has 0 unspecified atom stereocenters. The van der Waals surface area contributed by atoms with Crippen LogP contribution in [0.1, 0.15) is 27.3 Å². The van der Waals surface area contributed by atoms with Crippen LogP contribution in [0.15, 0.2) is 0 Å². The van der Waals surface area contributed by atoms with Crippen molar-refractivity contribution in [2.24, 2.45) is 0 Å². The highest BCUT2D eigenvalue weighted by Crippen LogP contribution is 2.25. The monoisotopic (exact) mass is 193 g/mol. The molecule has 1 aromatic heterocycles. The number of carboxylic acids is 1. The summed E-state index contributed by atoms with van der Waals surface area (Å²) in [5, 5.41) is 12.1. The molecule has 74 valence electrons. The van der Waals surface area contributed by atoms with E-state index in [1.54, 1.807) is 6.92 Å². The van der Waals surface area contributed by atoms with E-state index in [0.29, 0.717) is 18.8 Å². The predicted molar refractivity (Wildman–Crippen MR) is 50.9 cm³/mol. The SMILES string of the molecule is Cc1nc2c(c(C(=O)O)c1N)CNC2. The number of carbonyl (C=O) groups is 1. The molecule has 5 nitrogen and oxygen atoms in total. The lowest BCUT2D eigenvalue weighted by molar-refractivity contribution is 0.0696. The second-order valence-corrected chi connectivity index (χ2v) is 3.32. The van der Waals surface area contributed by atoms with E-state index in [0.717, 1.165) is 11.3 Å². The summed E-state index contributed by atoms with van der Waals surface area (Å²) in [4.78, 5) is 15.2. The molecule has 5 heteroatoms. The van der Waals surface area contributed by atoms with Gasteiger partial charge in [0.05, 0.1) is 22.6 Å². The van der Waals surface area contributed by atoms with Crippen molar-refractivity contribution in [2.45, 2.75) is 20.0 Å². The summed E-state index contributed by atoms with van der Waals surface area (Å²) in [6.45, 7) is 2.88. The number of nitrogen functional groups attached to an aromatic ring is 1. The molecule has 0 saturated carbocycles. The van der Waals surface area contributed by atoms with Crippen LogP contribution < -0.4 is 11.1 Å². The fourth-order valence-electron chi connectivity index (χ4n) is 1.70. The Kier molecular flexibility index (Phi) is 1.89. The second-order valence-electron chi connectivity index (χ2n) is 3.32. The largest absolute Gasteiger partial charge is 0.478 e. The van der Waals surface area contributed by atoms with Crippen LogP contribution in [0.25, 0.3) is 0 Å². The Morgan fingerprint density at radius 3 is 2.93 bits per heavy atom. The van der Waals surface area contributed by atoms with Gasteiger partial charge in [0.15, 0.2) is 0 Å². The summed E-state index contributed by atoms with van der Waals surface area (Å²) in [6.07, 6.45) is 0. The van der Waals surface area contributed by atoms with Gasteiger partial charge in [-0.2, -0.15) is 0 Å². The Hall–Kier alpha value is -1.62. The maximum absolute atomic E-state index is 11.0. The van der Waals surface area contributed by atoms with E-state index >= 15 is 0 Å². The van der Waals surface area contributed by atoms with E-state index in [-0.39, 0.29) is 11.3 Å². The third-order valence-corrected chi connectivity index (χ3v) is 2.42. The molecule has 1 aromatic rings. The molecular weight excluding hydrogens is 182 g/mol. The van der Waals surface area contributed by atoms with Gasteiger partial charge in [0.1, 0.15) is 0 Å². The van der Waals surface area contributed by atoms with Crippen LogP contribution in [0.2, 0.25) is 0 Å². The van der Waals surface area contributed by atoms with Crippen LogP contribution in [0, 0.1) is 6.92 Å². The highest BCUT2D eigenvalue weighted by atomic mass is 16.4. The van der Waals surface area contributed by atoms with Crippen LogP contribution in [-0.4, -0.2) is 16.1 Å². The van der Waals surface area contributed by atoms with Gasteiger partial charge in [-0.15, -0.1) is 0 Å². The summed E-state index contributed by atoms with van der Waals surface area (Å²) in [5.41, 5.74) is 8.28. The van der Waals surface area contributed by atoms with Crippen molar-refractivity contribution in [3.63, 3.8) is 0 Å². The van der Waals surface area contributed by atoms with E-state index in [9.17, 15) is 4.79 Å². The van der Waals surface area contributed by atoms with Gasteiger partial charge < -0.3 is 16.2 Å². The Morgan fingerprint density at radius 1 is 1.57 bits per heavy atom. The average Bonchev–Trinajstić information content (AvgIpc) is 2.52. The second kappa shape index (κ2) is 2.95. The van der Waals surface area contributed by atoms with Crippen LogP contribution in [-0.2, 0) is 13.1 Å². The molecule has 0 amide bonds. The minimum Gasteiger partial charge on any atom is -0.478 e. The Balaban J connectivity index is 2.72. The number of carboxylic acid groups (broad SMARTS) is 1. The maximum Gasteiger partial charge on any atom is 0.338 e. The van der Waals surface area contributed by atoms with Gasteiger partial charge in [0.25, 0.3) is 0 Å².